The predicted octanol–water partition coefficient (Wildman–Crippen LogP) is 4.26. The molecule has 0 radical (unpaired) electrons. The molecule has 3 nitrogen and oxygen atoms in total. The number of ether oxygens (including phenoxy) is 1. The number of para-hydroxylation sites is 2. The van der Waals surface area contributed by atoms with E-state index in [4.69, 9.17) is 4.74 Å². The average Bonchev–Trinajstić information content (AvgIpc) is 2.48. The van der Waals surface area contributed by atoms with E-state index in [1.54, 1.807) is 30.3 Å². The van der Waals surface area contributed by atoms with Gasteiger partial charge in [0, 0.05) is 6.08 Å². The lowest BCUT2D eigenvalue weighted by Gasteiger charge is -2.14. The summed E-state index contributed by atoms with van der Waals surface area (Å²) in [6, 6.07) is 13.2. The molecule has 1 N–H and O–H groups in total. The van der Waals surface area contributed by atoms with Crippen LogP contribution in [0.5, 0.6) is 5.75 Å². The lowest BCUT2D eigenvalue weighted by atomic mass is 10.2. The van der Waals surface area contributed by atoms with Crippen LogP contribution in [0.4, 0.5) is 10.1 Å². The average molecular weight is 299 g/mol. The molecule has 2 aromatic carbocycles. The van der Waals surface area contributed by atoms with Crippen LogP contribution >= 0.6 is 0 Å². The fourth-order valence-electron chi connectivity index (χ4n) is 1.85. The molecule has 1 amide bonds. The standard InChI is InChI=1S/C18H18FNO2/c1-13(2)22-17-6-4-3-5-16(17)20-18(21)12-9-14-7-10-15(19)11-8-14/h3-13H,1-2H3,(H,20,21)/b12-9+. The monoisotopic (exact) mass is 299 g/mol. The van der Waals surface area contributed by atoms with Gasteiger partial charge >= 0.3 is 0 Å². The summed E-state index contributed by atoms with van der Waals surface area (Å²) in [6.45, 7) is 3.85. The van der Waals surface area contributed by atoms with Gasteiger partial charge in [-0.1, -0.05) is 24.3 Å². The van der Waals surface area contributed by atoms with E-state index in [1.165, 1.54) is 18.2 Å². The van der Waals surface area contributed by atoms with Crippen molar-refractivity contribution >= 4 is 17.7 Å². The van der Waals surface area contributed by atoms with Gasteiger partial charge < -0.3 is 10.1 Å². The van der Waals surface area contributed by atoms with Crippen LogP contribution in [0.15, 0.2) is 54.6 Å². The zero-order valence-corrected chi connectivity index (χ0v) is 12.5. The fraction of sp³-hybridized carbons (Fsp3) is 0.167. The summed E-state index contributed by atoms with van der Waals surface area (Å²) in [6.07, 6.45) is 3.05. The maximum absolute atomic E-state index is 12.8. The Morgan fingerprint density at radius 1 is 1.14 bits per heavy atom. The van der Waals surface area contributed by atoms with E-state index in [0.29, 0.717) is 11.4 Å². The van der Waals surface area contributed by atoms with Gasteiger partial charge in [-0.25, -0.2) is 4.39 Å². The van der Waals surface area contributed by atoms with Crippen molar-refractivity contribution in [3.8, 4) is 5.75 Å². The zero-order chi connectivity index (χ0) is 15.9. The van der Waals surface area contributed by atoms with Gasteiger partial charge in [-0.05, 0) is 49.8 Å². The van der Waals surface area contributed by atoms with Crippen LogP contribution in [0, 0.1) is 5.82 Å². The summed E-state index contributed by atoms with van der Waals surface area (Å²) in [4.78, 5) is 12.0. The van der Waals surface area contributed by atoms with Crippen molar-refractivity contribution in [3.05, 3.63) is 66.0 Å². The fourth-order valence-corrected chi connectivity index (χ4v) is 1.85. The summed E-state index contributed by atoms with van der Waals surface area (Å²) in [5.74, 6) is 0.0477. The largest absolute Gasteiger partial charge is 0.489 e. The molecule has 0 atom stereocenters. The highest BCUT2D eigenvalue weighted by Crippen LogP contribution is 2.24. The SMILES string of the molecule is CC(C)Oc1ccccc1NC(=O)/C=C/c1ccc(F)cc1. The lowest BCUT2D eigenvalue weighted by Crippen LogP contribution is -2.12. The minimum absolute atomic E-state index is 0.0211. The molecule has 114 valence electrons. The molecule has 4 heteroatoms. The Balaban J connectivity index is 2.04. The highest BCUT2D eigenvalue weighted by molar-refractivity contribution is 6.02. The second-order valence-electron chi connectivity index (χ2n) is 5.04. The quantitative estimate of drug-likeness (QED) is 0.838. The van der Waals surface area contributed by atoms with Crippen LogP contribution in [-0.2, 0) is 4.79 Å². The van der Waals surface area contributed by atoms with Crippen LogP contribution < -0.4 is 10.1 Å². The minimum Gasteiger partial charge on any atom is -0.489 e. The van der Waals surface area contributed by atoms with Gasteiger partial charge in [0.1, 0.15) is 11.6 Å². The van der Waals surface area contributed by atoms with Gasteiger partial charge in [0.25, 0.3) is 0 Å². The van der Waals surface area contributed by atoms with Gasteiger partial charge in [-0.2, -0.15) is 0 Å². The third kappa shape index (κ3) is 4.74. The number of hydrogen-bond donors (Lipinski definition) is 1. The molecular weight excluding hydrogens is 281 g/mol. The van der Waals surface area contributed by atoms with E-state index < -0.39 is 0 Å². The third-order valence-corrected chi connectivity index (χ3v) is 2.80. The highest BCUT2D eigenvalue weighted by atomic mass is 19.1. The van der Waals surface area contributed by atoms with Crippen LogP contribution in [0.25, 0.3) is 6.08 Å². The number of benzene rings is 2. The number of carbonyl (C=O) groups excluding carboxylic acids is 1. The van der Waals surface area contributed by atoms with E-state index in [2.05, 4.69) is 5.32 Å². The second-order valence-corrected chi connectivity index (χ2v) is 5.04. The first kappa shape index (κ1) is 15.8. The first-order valence-corrected chi connectivity index (χ1v) is 7.05. The number of carbonyl (C=O) groups is 1. The molecular formula is C18H18FNO2. The third-order valence-electron chi connectivity index (χ3n) is 2.80. The molecule has 0 fully saturated rings. The molecule has 0 aliphatic heterocycles. The Hall–Kier alpha value is -2.62. The molecule has 0 aliphatic rings. The van der Waals surface area contributed by atoms with Gasteiger partial charge in [-0.3, -0.25) is 4.79 Å². The van der Waals surface area contributed by atoms with Crippen LogP contribution in [0.3, 0.4) is 0 Å². The van der Waals surface area contributed by atoms with E-state index in [0.717, 1.165) is 5.56 Å². The topological polar surface area (TPSA) is 38.3 Å². The van der Waals surface area contributed by atoms with Crippen molar-refractivity contribution in [3.63, 3.8) is 0 Å². The van der Waals surface area contributed by atoms with E-state index in [9.17, 15) is 9.18 Å². The van der Waals surface area contributed by atoms with E-state index >= 15 is 0 Å². The highest BCUT2D eigenvalue weighted by Gasteiger charge is 2.06. The van der Waals surface area contributed by atoms with Crippen molar-refractivity contribution < 1.29 is 13.9 Å². The summed E-state index contributed by atoms with van der Waals surface area (Å²) in [5, 5.41) is 2.77. The molecule has 0 saturated carbocycles. The molecule has 0 spiro atoms. The number of anilines is 1. The van der Waals surface area contributed by atoms with Crippen molar-refractivity contribution in [1.29, 1.82) is 0 Å². The van der Waals surface area contributed by atoms with Crippen LogP contribution in [0.1, 0.15) is 19.4 Å². The Kier molecular flexibility index (Phi) is 5.31. The maximum Gasteiger partial charge on any atom is 0.248 e. The molecule has 0 saturated heterocycles. The minimum atomic E-state index is -0.304. The van der Waals surface area contributed by atoms with Gasteiger partial charge in [-0.15, -0.1) is 0 Å². The molecule has 22 heavy (non-hydrogen) atoms. The molecule has 0 aromatic heterocycles. The van der Waals surface area contributed by atoms with Crippen LogP contribution in [-0.4, -0.2) is 12.0 Å². The van der Waals surface area contributed by atoms with Gasteiger partial charge in [0.2, 0.25) is 5.91 Å². The number of rotatable bonds is 5. The van der Waals surface area contributed by atoms with Crippen molar-refractivity contribution in [2.24, 2.45) is 0 Å². The summed E-state index contributed by atoms with van der Waals surface area (Å²) >= 11 is 0. The number of amides is 1. The Bertz CT molecular complexity index is 663. The summed E-state index contributed by atoms with van der Waals surface area (Å²) in [7, 11) is 0. The molecule has 0 aliphatic carbocycles. The molecule has 2 rings (SSSR count). The smallest absolute Gasteiger partial charge is 0.248 e. The summed E-state index contributed by atoms with van der Waals surface area (Å²) in [5.41, 5.74) is 1.37. The molecule has 0 unspecified atom stereocenters. The molecule has 0 heterocycles. The van der Waals surface area contributed by atoms with Crippen molar-refractivity contribution in [2.45, 2.75) is 20.0 Å². The van der Waals surface area contributed by atoms with Crippen molar-refractivity contribution in [1.82, 2.24) is 0 Å². The Labute approximate surface area is 129 Å². The predicted molar refractivity (Wildman–Crippen MR) is 86.3 cm³/mol. The van der Waals surface area contributed by atoms with Gasteiger partial charge in [0.15, 0.2) is 0 Å². The Morgan fingerprint density at radius 3 is 2.50 bits per heavy atom. The van der Waals surface area contributed by atoms with E-state index in [1.807, 2.05) is 26.0 Å². The first-order chi connectivity index (χ1) is 10.5. The van der Waals surface area contributed by atoms with Crippen LogP contribution in [0.2, 0.25) is 0 Å². The number of halogens is 1. The first-order valence-electron chi connectivity index (χ1n) is 7.05. The maximum atomic E-state index is 12.8. The Morgan fingerprint density at radius 2 is 1.82 bits per heavy atom. The van der Waals surface area contributed by atoms with E-state index in [-0.39, 0.29) is 17.8 Å². The number of hydrogen-bond acceptors (Lipinski definition) is 2. The number of nitrogens with one attached hydrogen (secondary N) is 1. The summed E-state index contributed by atoms with van der Waals surface area (Å²) < 4.78 is 18.4. The zero-order valence-electron chi connectivity index (χ0n) is 12.5. The van der Waals surface area contributed by atoms with Gasteiger partial charge in [0.05, 0.1) is 11.8 Å². The second kappa shape index (κ2) is 7.41. The lowest BCUT2D eigenvalue weighted by molar-refractivity contribution is -0.111. The van der Waals surface area contributed by atoms with Crippen molar-refractivity contribution in [2.75, 3.05) is 5.32 Å². The molecule has 0 bridgehead atoms. The normalized spacial score (nSPS) is 10.9. The molecule has 2 aromatic rings.